The Balaban J connectivity index is 2.26. The van der Waals surface area contributed by atoms with E-state index in [1.165, 1.54) is 11.1 Å². The van der Waals surface area contributed by atoms with Gasteiger partial charge in [0.05, 0.1) is 7.11 Å². The molecular weight excluding hydrogens is 262 g/mol. The van der Waals surface area contributed by atoms with Crippen molar-refractivity contribution in [3.05, 3.63) is 65.7 Å². The maximum Gasteiger partial charge on any atom is 0.118 e. The maximum atomic E-state index is 9.63. The van der Waals surface area contributed by atoms with Crippen LogP contribution in [0.5, 0.6) is 5.75 Å². The van der Waals surface area contributed by atoms with Gasteiger partial charge in [-0.2, -0.15) is 0 Å². The van der Waals surface area contributed by atoms with Gasteiger partial charge in [-0.05, 0) is 42.1 Å². The maximum absolute atomic E-state index is 9.63. The number of benzene rings is 2. The van der Waals surface area contributed by atoms with Crippen LogP contribution in [0.1, 0.15) is 17.0 Å². The Labute approximate surface area is 126 Å². The fraction of sp³-hybridized carbons (Fsp3) is 0.333. The van der Waals surface area contributed by atoms with Crippen molar-refractivity contribution in [2.75, 3.05) is 20.3 Å². The molecule has 2 aromatic carbocycles. The highest BCUT2D eigenvalue weighted by Crippen LogP contribution is 2.29. The third-order valence-electron chi connectivity index (χ3n) is 3.95. The van der Waals surface area contributed by atoms with Crippen LogP contribution >= 0.6 is 0 Å². The molecule has 0 radical (unpaired) electrons. The van der Waals surface area contributed by atoms with E-state index in [2.05, 4.69) is 24.3 Å². The summed E-state index contributed by atoms with van der Waals surface area (Å²) in [6.07, 6.45) is 0.871. The monoisotopic (exact) mass is 285 g/mol. The van der Waals surface area contributed by atoms with Crippen molar-refractivity contribution in [2.24, 2.45) is 11.7 Å². The molecule has 2 aromatic rings. The lowest BCUT2D eigenvalue weighted by atomic mass is 9.82. The van der Waals surface area contributed by atoms with Gasteiger partial charge in [0, 0.05) is 12.5 Å². The lowest BCUT2D eigenvalue weighted by molar-refractivity contribution is 0.207. The Morgan fingerprint density at radius 1 is 1.05 bits per heavy atom. The summed E-state index contributed by atoms with van der Waals surface area (Å²) in [5.41, 5.74) is 8.29. The SMILES string of the molecule is COc1ccc([C@H](Cc2ccccc2)[C@H](CN)CO)cc1. The number of hydrogen-bond donors (Lipinski definition) is 2. The minimum atomic E-state index is 0.0543. The van der Waals surface area contributed by atoms with E-state index in [9.17, 15) is 5.11 Å². The van der Waals surface area contributed by atoms with Crippen LogP contribution in [0.25, 0.3) is 0 Å². The summed E-state index contributed by atoms with van der Waals surface area (Å²) in [6, 6.07) is 18.3. The van der Waals surface area contributed by atoms with Gasteiger partial charge < -0.3 is 15.6 Å². The number of nitrogens with two attached hydrogens (primary N) is 1. The molecule has 0 aliphatic rings. The lowest BCUT2D eigenvalue weighted by Gasteiger charge is -2.25. The normalized spacial score (nSPS) is 13.7. The number of hydrogen-bond acceptors (Lipinski definition) is 3. The average molecular weight is 285 g/mol. The van der Waals surface area contributed by atoms with Gasteiger partial charge >= 0.3 is 0 Å². The van der Waals surface area contributed by atoms with E-state index >= 15 is 0 Å². The van der Waals surface area contributed by atoms with Gasteiger partial charge in [0.15, 0.2) is 0 Å². The van der Waals surface area contributed by atoms with E-state index in [0.29, 0.717) is 6.54 Å². The van der Waals surface area contributed by atoms with E-state index in [0.717, 1.165) is 12.2 Å². The Morgan fingerprint density at radius 3 is 2.24 bits per heavy atom. The van der Waals surface area contributed by atoms with E-state index in [4.69, 9.17) is 10.5 Å². The zero-order valence-electron chi connectivity index (χ0n) is 12.4. The minimum Gasteiger partial charge on any atom is -0.497 e. The van der Waals surface area contributed by atoms with Crippen LogP contribution in [-0.4, -0.2) is 25.4 Å². The molecular formula is C18H23NO2. The highest BCUT2D eigenvalue weighted by atomic mass is 16.5. The first-order valence-corrected chi connectivity index (χ1v) is 7.27. The Morgan fingerprint density at radius 2 is 1.71 bits per heavy atom. The molecule has 3 heteroatoms. The Bertz CT molecular complexity index is 521. The molecule has 0 heterocycles. The van der Waals surface area contributed by atoms with Gasteiger partial charge in [-0.15, -0.1) is 0 Å². The molecule has 3 N–H and O–H groups in total. The first kappa shape index (κ1) is 15.5. The van der Waals surface area contributed by atoms with Gasteiger partial charge in [0.1, 0.15) is 5.75 Å². The number of aliphatic hydroxyl groups is 1. The van der Waals surface area contributed by atoms with Crippen LogP contribution in [-0.2, 0) is 6.42 Å². The fourth-order valence-electron chi connectivity index (χ4n) is 2.64. The summed E-state index contributed by atoms with van der Waals surface area (Å²) >= 11 is 0. The molecule has 2 rings (SSSR count). The summed E-state index contributed by atoms with van der Waals surface area (Å²) in [5, 5.41) is 9.63. The van der Waals surface area contributed by atoms with E-state index in [1.54, 1.807) is 7.11 Å². The van der Waals surface area contributed by atoms with Crippen LogP contribution in [0.2, 0.25) is 0 Å². The van der Waals surface area contributed by atoms with Crippen LogP contribution in [0.4, 0.5) is 0 Å². The Kier molecular flexibility index (Phi) is 5.78. The fourth-order valence-corrected chi connectivity index (χ4v) is 2.64. The number of rotatable bonds is 7. The molecule has 112 valence electrons. The van der Waals surface area contributed by atoms with E-state index in [-0.39, 0.29) is 18.4 Å². The molecule has 0 spiro atoms. The average Bonchev–Trinajstić information content (AvgIpc) is 2.56. The summed E-state index contributed by atoms with van der Waals surface area (Å²) in [6.45, 7) is 0.570. The standard InChI is InChI=1S/C18H23NO2/c1-21-17-9-7-15(8-10-17)18(16(12-19)13-20)11-14-5-3-2-4-6-14/h2-10,16,18,20H,11-13,19H2,1H3/t16-,18+/m1/s1. The largest absolute Gasteiger partial charge is 0.497 e. The third-order valence-corrected chi connectivity index (χ3v) is 3.95. The number of methoxy groups -OCH3 is 1. The van der Waals surface area contributed by atoms with Crippen LogP contribution in [0.3, 0.4) is 0 Å². The lowest BCUT2D eigenvalue weighted by Crippen LogP contribution is -2.26. The highest BCUT2D eigenvalue weighted by molar-refractivity contribution is 5.31. The van der Waals surface area contributed by atoms with Gasteiger partial charge in [0.2, 0.25) is 0 Å². The van der Waals surface area contributed by atoms with Crippen molar-refractivity contribution in [1.29, 1.82) is 0 Å². The third kappa shape index (κ3) is 4.06. The molecule has 0 aliphatic carbocycles. The molecule has 0 fully saturated rings. The van der Waals surface area contributed by atoms with Gasteiger partial charge in [-0.25, -0.2) is 0 Å². The molecule has 21 heavy (non-hydrogen) atoms. The number of ether oxygens (including phenoxy) is 1. The topological polar surface area (TPSA) is 55.5 Å². The second-order valence-electron chi connectivity index (χ2n) is 5.25. The van der Waals surface area contributed by atoms with Gasteiger partial charge in [0.25, 0.3) is 0 Å². The summed E-state index contributed by atoms with van der Waals surface area (Å²) < 4.78 is 5.21. The molecule has 2 atom stereocenters. The summed E-state index contributed by atoms with van der Waals surface area (Å²) in [5.74, 6) is 1.09. The Hall–Kier alpha value is -1.84. The molecule has 0 bridgehead atoms. The summed E-state index contributed by atoms with van der Waals surface area (Å²) in [7, 11) is 1.66. The molecule has 0 aliphatic heterocycles. The number of aliphatic hydroxyl groups excluding tert-OH is 1. The van der Waals surface area contributed by atoms with Crippen molar-refractivity contribution < 1.29 is 9.84 Å². The quantitative estimate of drug-likeness (QED) is 0.822. The molecule has 0 aromatic heterocycles. The van der Waals surface area contributed by atoms with Crippen LogP contribution < -0.4 is 10.5 Å². The highest BCUT2D eigenvalue weighted by Gasteiger charge is 2.22. The van der Waals surface area contributed by atoms with Crippen molar-refractivity contribution in [2.45, 2.75) is 12.3 Å². The smallest absolute Gasteiger partial charge is 0.118 e. The van der Waals surface area contributed by atoms with Crippen LogP contribution in [0.15, 0.2) is 54.6 Å². The molecule has 3 nitrogen and oxygen atoms in total. The molecule has 0 saturated carbocycles. The van der Waals surface area contributed by atoms with Crippen LogP contribution in [0, 0.1) is 5.92 Å². The van der Waals surface area contributed by atoms with Crippen molar-refractivity contribution >= 4 is 0 Å². The first-order chi connectivity index (χ1) is 10.3. The first-order valence-electron chi connectivity index (χ1n) is 7.27. The van der Waals surface area contributed by atoms with Gasteiger partial charge in [-0.3, -0.25) is 0 Å². The van der Waals surface area contributed by atoms with E-state index < -0.39 is 0 Å². The molecule has 0 unspecified atom stereocenters. The molecule has 0 amide bonds. The van der Waals surface area contributed by atoms with Crippen molar-refractivity contribution in [1.82, 2.24) is 0 Å². The van der Waals surface area contributed by atoms with Gasteiger partial charge in [-0.1, -0.05) is 42.5 Å². The predicted molar refractivity (Wildman–Crippen MR) is 85.5 cm³/mol. The predicted octanol–water partition coefficient (Wildman–Crippen LogP) is 2.59. The zero-order valence-corrected chi connectivity index (χ0v) is 12.4. The van der Waals surface area contributed by atoms with Crippen molar-refractivity contribution in [3.63, 3.8) is 0 Å². The zero-order chi connectivity index (χ0) is 15.1. The second kappa shape index (κ2) is 7.81. The van der Waals surface area contributed by atoms with Crippen molar-refractivity contribution in [3.8, 4) is 5.75 Å². The second-order valence-corrected chi connectivity index (χ2v) is 5.25. The summed E-state index contributed by atoms with van der Waals surface area (Å²) in [4.78, 5) is 0. The minimum absolute atomic E-state index is 0.0543. The molecule has 0 saturated heterocycles. The van der Waals surface area contributed by atoms with E-state index in [1.807, 2.05) is 30.3 Å².